The van der Waals surface area contributed by atoms with Crippen molar-refractivity contribution in [1.29, 1.82) is 0 Å². The molecule has 1 aliphatic rings. The summed E-state index contributed by atoms with van der Waals surface area (Å²) in [5.41, 5.74) is 4.88. The average molecular weight is 275 g/mol. The second-order valence-corrected chi connectivity index (χ2v) is 4.91. The van der Waals surface area contributed by atoms with Gasteiger partial charge in [0.25, 0.3) is 0 Å². The van der Waals surface area contributed by atoms with E-state index in [0.717, 1.165) is 12.8 Å². The molecule has 1 unspecified atom stereocenters. The Morgan fingerprint density at radius 2 is 1.79 bits per heavy atom. The van der Waals surface area contributed by atoms with Crippen LogP contribution in [0.1, 0.15) is 19.3 Å². The van der Waals surface area contributed by atoms with Gasteiger partial charge in [0.1, 0.15) is 0 Å². The fourth-order valence-corrected chi connectivity index (χ4v) is 2.20. The van der Waals surface area contributed by atoms with E-state index in [1.807, 2.05) is 0 Å². The van der Waals surface area contributed by atoms with Crippen LogP contribution in [0.4, 0.5) is 0 Å². The lowest BCUT2D eigenvalue weighted by molar-refractivity contribution is -0.151. The second-order valence-electron chi connectivity index (χ2n) is 4.91. The van der Waals surface area contributed by atoms with Crippen LogP contribution in [0.25, 0.3) is 0 Å². The molecular formula is C13H25NO5. The largest absolute Gasteiger partial charge is 0.481 e. The van der Waals surface area contributed by atoms with E-state index in [9.17, 15) is 9.90 Å². The van der Waals surface area contributed by atoms with Crippen molar-refractivity contribution in [2.75, 3.05) is 46.7 Å². The Balaban J connectivity index is 2.14. The van der Waals surface area contributed by atoms with Gasteiger partial charge in [-0.2, -0.15) is 0 Å². The quantitative estimate of drug-likeness (QED) is 0.504. The van der Waals surface area contributed by atoms with Crippen molar-refractivity contribution in [3.8, 4) is 0 Å². The van der Waals surface area contributed by atoms with Gasteiger partial charge in [-0.3, -0.25) is 4.79 Å². The van der Waals surface area contributed by atoms with Crippen LogP contribution in [0.15, 0.2) is 0 Å². The zero-order valence-electron chi connectivity index (χ0n) is 11.6. The Labute approximate surface area is 114 Å². The van der Waals surface area contributed by atoms with Crippen LogP contribution in [0.3, 0.4) is 0 Å². The molecule has 6 heteroatoms. The lowest BCUT2D eigenvalue weighted by Gasteiger charge is -2.27. The van der Waals surface area contributed by atoms with E-state index < -0.39 is 11.4 Å². The number of aliphatic carboxylic acids is 1. The number of hydrogen-bond acceptors (Lipinski definition) is 5. The zero-order valence-corrected chi connectivity index (χ0v) is 11.6. The third-order valence-electron chi connectivity index (χ3n) is 3.65. The number of hydrogen-bond donors (Lipinski definition) is 2. The summed E-state index contributed by atoms with van der Waals surface area (Å²) in [7, 11) is 1.62. The molecule has 0 spiro atoms. The Hall–Kier alpha value is -0.690. The molecule has 1 rings (SSSR count). The molecule has 3 N–H and O–H groups in total. The van der Waals surface area contributed by atoms with E-state index in [0.29, 0.717) is 39.5 Å². The van der Waals surface area contributed by atoms with E-state index >= 15 is 0 Å². The number of methoxy groups -OCH3 is 1. The highest BCUT2D eigenvalue weighted by Gasteiger charge is 2.49. The van der Waals surface area contributed by atoms with E-state index in [1.54, 1.807) is 7.11 Å². The summed E-state index contributed by atoms with van der Waals surface area (Å²) >= 11 is 0. The minimum atomic E-state index is -0.795. The first kappa shape index (κ1) is 16.4. The fourth-order valence-electron chi connectivity index (χ4n) is 2.20. The predicted octanol–water partition coefficient (Wildman–Crippen LogP) is 0.496. The van der Waals surface area contributed by atoms with Crippen LogP contribution < -0.4 is 5.73 Å². The first-order valence-electron chi connectivity index (χ1n) is 6.75. The number of carboxylic acid groups (broad SMARTS) is 1. The first-order chi connectivity index (χ1) is 9.17. The molecule has 112 valence electrons. The lowest BCUT2D eigenvalue weighted by Crippen LogP contribution is -2.41. The Bertz CT molecular complexity index is 270. The predicted molar refractivity (Wildman–Crippen MR) is 70.0 cm³/mol. The maximum Gasteiger partial charge on any atom is 0.311 e. The highest BCUT2D eigenvalue weighted by molar-refractivity contribution is 5.76. The number of ether oxygens (including phenoxy) is 3. The molecule has 1 atom stereocenters. The zero-order chi connectivity index (χ0) is 14.1. The highest BCUT2D eigenvalue weighted by Crippen LogP contribution is 2.47. The molecule has 0 radical (unpaired) electrons. The van der Waals surface area contributed by atoms with Crippen molar-refractivity contribution in [1.82, 2.24) is 0 Å². The van der Waals surface area contributed by atoms with E-state index in [4.69, 9.17) is 19.9 Å². The van der Waals surface area contributed by atoms with Gasteiger partial charge in [-0.05, 0) is 25.2 Å². The van der Waals surface area contributed by atoms with Crippen LogP contribution in [0.2, 0.25) is 0 Å². The molecule has 0 saturated heterocycles. The minimum absolute atomic E-state index is 0.181. The third-order valence-corrected chi connectivity index (χ3v) is 3.65. The van der Waals surface area contributed by atoms with Gasteiger partial charge in [-0.15, -0.1) is 0 Å². The molecule has 0 aliphatic heterocycles. The molecular weight excluding hydrogens is 250 g/mol. The maximum absolute atomic E-state index is 11.4. The van der Waals surface area contributed by atoms with Crippen molar-refractivity contribution in [2.24, 2.45) is 17.1 Å². The van der Waals surface area contributed by atoms with Gasteiger partial charge < -0.3 is 25.1 Å². The summed E-state index contributed by atoms with van der Waals surface area (Å²) in [4.78, 5) is 11.4. The molecule has 0 aromatic rings. The first-order valence-corrected chi connectivity index (χ1v) is 6.75. The van der Waals surface area contributed by atoms with Crippen LogP contribution in [-0.4, -0.2) is 57.8 Å². The average Bonchev–Trinajstić information content (AvgIpc) is 3.22. The van der Waals surface area contributed by atoms with Crippen LogP contribution in [-0.2, 0) is 19.0 Å². The summed E-state index contributed by atoms with van der Waals surface area (Å²) in [5.74, 6) is -0.575. The minimum Gasteiger partial charge on any atom is -0.481 e. The second kappa shape index (κ2) is 8.47. The Morgan fingerprint density at radius 1 is 1.21 bits per heavy atom. The van der Waals surface area contributed by atoms with E-state index in [1.165, 1.54) is 0 Å². The van der Waals surface area contributed by atoms with Crippen LogP contribution in [0.5, 0.6) is 0 Å². The molecule has 1 aliphatic carbocycles. The SMILES string of the molecule is COCCOCCOCCC(CN)(C(=O)O)C1CC1. The molecule has 0 aromatic heterocycles. The van der Waals surface area contributed by atoms with Crippen LogP contribution in [0, 0.1) is 11.3 Å². The molecule has 1 saturated carbocycles. The van der Waals surface area contributed by atoms with Gasteiger partial charge in [0.15, 0.2) is 0 Å². The molecule has 0 heterocycles. The van der Waals surface area contributed by atoms with Gasteiger partial charge >= 0.3 is 5.97 Å². The van der Waals surface area contributed by atoms with Gasteiger partial charge in [0.2, 0.25) is 0 Å². The smallest absolute Gasteiger partial charge is 0.311 e. The van der Waals surface area contributed by atoms with Crippen molar-refractivity contribution in [3.05, 3.63) is 0 Å². The molecule has 0 bridgehead atoms. The summed E-state index contributed by atoms with van der Waals surface area (Å²) in [6, 6.07) is 0. The standard InChI is InChI=1S/C13H25NO5/c1-17-6-7-19-9-8-18-5-4-13(10-14,12(15)16)11-2-3-11/h11H,2-10,14H2,1H3,(H,15,16). The van der Waals surface area contributed by atoms with Crippen molar-refractivity contribution in [2.45, 2.75) is 19.3 Å². The third kappa shape index (κ3) is 5.06. The lowest BCUT2D eigenvalue weighted by atomic mass is 9.80. The Kier molecular flexibility index (Phi) is 7.30. The molecule has 1 fully saturated rings. The number of carbonyl (C=O) groups is 1. The van der Waals surface area contributed by atoms with Gasteiger partial charge in [0.05, 0.1) is 31.8 Å². The van der Waals surface area contributed by atoms with Crippen molar-refractivity contribution < 1.29 is 24.1 Å². The van der Waals surface area contributed by atoms with Crippen molar-refractivity contribution in [3.63, 3.8) is 0 Å². The Morgan fingerprint density at radius 3 is 2.26 bits per heavy atom. The summed E-state index contributed by atoms with van der Waals surface area (Å²) in [6.07, 6.45) is 2.40. The van der Waals surface area contributed by atoms with E-state index in [2.05, 4.69) is 0 Å². The monoisotopic (exact) mass is 275 g/mol. The number of carboxylic acids is 1. The molecule has 6 nitrogen and oxygen atoms in total. The van der Waals surface area contributed by atoms with Crippen LogP contribution >= 0.6 is 0 Å². The summed E-state index contributed by atoms with van der Waals surface area (Å²) < 4.78 is 15.5. The summed E-state index contributed by atoms with van der Waals surface area (Å²) in [6.45, 7) is 2.67. The number of rotatable bonds is 12. The van der Waals surface area contributed by atoms with Gasteiger partial charge in [-0.1, -0.05) is 0 Å². The molecule has 0 amide bonds. The van der Waals surface area contributed by atoms with Gasteiger partial charge in [-0.25, -0.2) is 0 Å². The molecule has 19 heavy (non-hydrogen) atoms. The maximum atomic E-state index is 11.4. The topological polar surface area (TPSA) is 91.0 Å². The molecule has 0 aromatic carbocycles. The highest BCUT2D eigenvalue weighted by atomic mass is 16.5. The summed E-state index contributed by atoms with van der Waals surface area (Å²) in [5, 5.41) is 9.36. The number of nitrogens with two attached hydrogens (primary N) is 1. The van der Waals surface area contributed by atoms with Crippen molar-refractivity contribution >= 4 is 5.97 Å². The normalized spacial score (nSPS) is 18.2. The fraction of sp³-hybridized carbons (Fsp3) is 0.923. The van der Waals surface area contributed by atoms with Gasteiger partial charge in [0, 0.05) is 20.3 Å². The van der Waals surface area contributed by atoms with E-state index in [-0.39, 0.29) is 12.5 Å².